The van der Waals surface area contributed by atoms with Crippen molar-refractivity contribution < 1.29 is 50.0 Å². The van der Waals surface area contributed by atoms with Gasteiger partial charge in [-0.3, -0.25) is 4.79 Å². The summed E-state index contributed by atoms with van der Waals surface area (Å²) < 4.78 is 11.1. The fourth-order valence-corrected chi connectivity index (χ4v) is 7.74. The first-order valence-electron chi connectivity index (χ1n) is 24.9. The van der Waals surface area contributed by atoms with E-state index in [2.05, 4.69) is 55.6 Å². The van der Waals surface area contributed by atoms with E-state index in [0.29, 0.717) is 19.3 Å². The van der Waals surface area contributed by atoms with Gasteiger partial charge in [0, 0.05) is 0 Å². The number of allylic oxidation sites excluding steroid dienone is 6. The van der Waals surface area contributed by atoms with Crippen molar-refractivity contribution in [2.24, 2.45) is 0 Å². The Labute approximate surface area is 371 Å². The maximum Gasteiger partial charge on any atom is 0.249 e. The zero-order chi connectivity index (χ0) is 44.8. The first-order chi connectivity index (χ1) is 29.7. The van der Waals surface area contributed by atoms with E-state index in [1.807, 2.05) is 0 Å². The molecular formula is C50H93NO10. The fraction of sp³-hybridized carbons (Fsp3) is 0.860. The Hall–Kier alpha value is -1.67. The number of unbranched alkanes of at least 4 members (excludes halogenated alkanes) is 23. The average Bonchev–Trinajstić information content (AvgIpc) is 3.26. The van der Waals surface area contributed by atoms with Gasteiger partial charge in [0.2, 0.25) is 5.91 Å². The van der Waals surface area contributed by atoms with Crippen molar-refractivity contribution in [3.05, 3.63) is 36.5 Å². The SMILES string of the molecule is CCCCC/C=C\CCCCCCC(O)C(=O)NC(COC1OC(CO)C(O)C(O)C1O)C(O)C(O)CCC/C=C/CC/C=C/CCCCCCCCCCCCCCCC. The Morgan fingerprint density at radius 3 is 1.49 bits per heavy atom. The largest absolute Gasteiger partial charge is 0.394 e. The van der Waals surface area contributed by atoms with Crippen LogP contribution in [0.4, 0.5) is 0 Å². The van der Waals surface area contributed by atoms with Crippen LogP contribution in [-0.2, 0) is 14.3 Å². The number of ether oxygens (including phenoxy) is 2. The summed E-state index contributed by atoms with van der Waals surface area (Å²) in [6, 6.07) is -1.19. The van der Waals surface area contributed by atoms with E-state index >= 15 is 0 Å². The van der Waals surface area contributed by atoms with Crippen LogP contribution in [0.15, 0.2) is 36.5 Å². The minimum atomic E-state index is -1.67. The molecule has 11 heteroatoms. The summed E-state index contributed by atoms with van der Waals surface area (Å²) in [5.74, 6) is -0.722. The third-order valence-corrected chi connectivity index (χ3v) is 11.9. The summed E-state index contributed by atoms with van der Waals surface area (Å²) in [6.45, 7) is 3.38. The van der Waals surface area contributed by atoms with Gasteiger partial charge in [-0.1, -0.05) is 166 Å². The number of hydrogen-bond acceptors (Lipinski definition) is 10. The molecule has 0 radical (unpaired) electrons. The van der Waals surface area contributed by atoms with Crippen LogP contribution in [0.3, 0.4) is 0 Å². The predicted molar refractivity (Wildman–Crippen MR) is 247 cm³/mol. The molecule has 0 aromatic rings. The van der Waals surface area contributed by atoms with E-state index in [4.69, 9.17) is 9.47 Å². The second-order valence-corrected chi connectivity index (χ2v) is 17.5. The summed E-state index contributed by atoms with van der Waals surface area (Å²) in [5, 5.41) is 75.6. The third-order valence-electron chi connectivity index (χ3n) is 11.9. The number of aliphatic hydroxyl groups is 7. The van der Waals surface area contributed by atoms with Crippen molar-refractivity contribution in [2.75, 3.05) is 13.2 Å². The van der Waals surface area contributed by atoms with Gasteiger partial charge in [0.15, 0.2) is 6.29 Å². The quantitative estimate of drug-likeness (QED) is 0.0218. The summed E-state index contributed by atoms with van der Waals surface area (Å²) >= 11 is 0. The molecule has 61 heavy (non-hydrogen) atoms. The minimum absolute atomic E-state index is 0.235. The molecule has 1 rings (SSSR count). The second-order valence-electron chi connectivity index (χ2n) is 17.5. The molecule has 1 saturated heterocycles. The highest BCUT2D eigenvalue weighted by Gasteiger charge is 2.44. The Morgan fingerprint density at radius 2 is 0.984 bits per heavy atom. The number of aliphatic hydroxyl groups excluding tert-OH is 7. The van der Waals surface area contributed by atoms with E-state index in [9.17, 15) is 40.5 Å². The summed E-state index contributed by atoms with van der Waals surface area (Å²) in [4.78, 5) is 13.1. The van der Waals surface area contributed by atoms with Crippen LogP contribution in [0.1, 0.15) is 206 Å². The maximum atomic E-state index is 13.1. The molecule has 1 fully saturated rings. The van der Waals surface area contributed by atoms with Gasteiger partial charge in [-0.05, 0) is 77.0 Å². The number of nitrogens with one attached hydrogen (secondary N) is 1. The molecule has 0 aromatic carbocycles. The fourth-order valence-electron chi connectivity index (χ4n) is 7.74. The van der Waals surface area contributed by atoms with Crippen molar-refractivity contribution >= 4 is 5.91 Å². The summed E-state index contributed by atoms with van der Waals surface area (Å²) in [7, 11) is 0. The summed E-state index contributed by atoms with van der Waals surface area (Å²) in [6.07, 6.45) is 35.0. The standard InChI is InChI=1S/C50H93NO10/c1-3-5-7-9-11-13-15-16-17-18-19-20-21-22-23-24-25-26-28-29-31-33-35-37-42(53)45(55)41(40-60-50-48(58)47(57)46(56)44(39-52)61-50)51-49(59)43(54)38-36-34-32-30-27-14-12-10-8-6-4-2/h12,14,24-25,29,31,41-48,50,52-58H,3-11,13,15-23,26-28,30,32-40H2,1-2H3,(H,51,59)/b14-12-,25-24+,31-29+. The van der Waals surface area contributed by atoms with Crippen molar-refractivity contribution in [3.8, 4) is 0 Å². The van der Waals surface area contributed by atoms with Gasteiger partial charge >= 0.3 is 0 Å². The van der Waals surface area contributed by atoms with Crippen molar-refractivity contribution in [3.63, 3.8) is 0 Å². The zero-order valence-corrected chi connectivity index (χ0v) is 38.6. The molecule has 0 aromatic heterocycles. The van der Waals surface area contributed by atoms with Crippen LogP contribution < -0.4 is 5.32 Å². The van der Waals surface area contributed by atoms with Gasteiger partial charge in [-0.25, -0.2) is 0 Å². The first-order valence-corrected chi connectivity index (χ1v) is 24.9. The van der Waals surface area contributed by atoms with Crippen LogP contribution in [0.5, 0.6) is 0 Å². The van der Waals surface area contributed by atoms with E-state index in [0.717, 1.165) is 51.4 Å². The van der Waals surface area contributed by atoms with Crippen molar-refractivity contribution in [2.45, 2.75) is 262 Å². The molecule has 1 aliphatic heterocycles. The lowest BCUT2D eigenvalue weighted by Gasteiger charge is -2.40. The van der Waals surface area contributed by atoms with Gasteiger partial charge < -0.3 is 50.5 Å². The van der Waals surface area contributed by atoms with Gasteiger partial charge in [0.25, 0.3) is 0 Å². The lowest BCUT2D eigenvalue weighted by molar-refractivity contribution is -0.303. The monoisotopic (exact) mass is 868 g/mol. The van der Waals surface area contributed by atoms with Gasteiger partial charge in [0.05, 0.1) is 25.4 Å². The predicted octanol–water partition coefficient (Wildman–Crippen LogP) is 8.78. The summed E-state index contributed by atoms with van der Waals surface area (Å²) in [5.41, 5.74) is 0. The molecule has 9 unspecified atom stereocenters. The van der Waals surface area contributed by atoms with E-state index < -0.39 is 74.2 Å². The zero-order valence-electron chi connectivity index (χ0n) is 38.6. The molecule has 1 amide bonds. The van der Waals surface area contributed by atoms with Crippen molar-refractivity contribution in [1.82, 2.24) is 5.32 Å². The number of hydrogen-bond donors (Lipinski definition) is 8. The normalized spacial score (nSPS) is 21.8. The Bertz CT molecular complexity index is 1090. The molecule has 1 heterocycles. The van der Waals surface area contributed by atoms with Gasteiger partial charge in [-0.2, -0.15) is 0 Å². The molecule has 11 nitrogen and oxygen atoms in total. The number of carbonyl (C=O) groups excluding carboxylic acids is 1. The molecule has 0 bridgehead atoms. The molecule has 358 valence electrons. The number of rotatable bonds is 41. The molecule has 9 atom stereocenters. The highest BCUT2D eigenvalue weighted by Crippen LogP contribution is 2.23. The lowest BCUT2D eigenvalue weighted by Crippen LogP contribution is -2.60. The Kier molecular flexibility index (Phi) is 37.5. The Balaban J connectivity index is 2.41. The van der Waals surface area contributed by atoms with Crippen LogP contribution in [0.2, 0.25) is 0 Å². The van der Waals surface area contributed by atoms with E-state index in [1.165, 1.54) is 109 Å². The van der Waals surface area contributed by atoms with Crippen LogP contribution in [0.25, 0.3) is 0 Å². The Morgan fingerprint density at radius 1 is 0.557 bits per heavy atom. The molecule has 1 aliphatic rings. The van der Waals surface area contributed by atoms with Crippen LogP contribution in [-0.4, -0.2) is 110 Å². The lowest BCUT2D eigenvalue weighted by atomic mass is 9.98. The van der Waals surface area contributed by atoms with Crippen LogP contribution >= 0.6 is 0 Å². The number of carbonyl (C=O) groups is 1. The molecule has 0 spiro atoms. The van der Waals surface area contributed by atoms with Gasteiger partial charge in [0.1, 0.15) is 36.6 Å². The first kappa shape index (κ1) is 57.3. The van der Waals surface area contributed by atoms with Gasteiger partial charge in [-0.15, -0.1) is 0 Å². The number of amides is 1. The average molecular weight is 868 g/mol. The van der Waals surface area contributed by atoms with Crippen molar-refractivity contribution in [1.29, 1.82) is 0 Å². The molecule has 8 N–H and O–H groups in total. The molecule has 0 saturated carbocycles. The highest BCUT2D eigenvalue weighted by atomic mass is 16.7. The molecular weight excluding hydrogens is 775 g/mol. The van der Waals surface area contributed by atoms with Crippen LogP contribution in [0, 0.1) is 0 Å². The highest BCUT2D eigenvalue weighted by molar-refractivity contribution is 5.80. The topological polar surface area (TPSA) is 189 Å². The molecule has 0 aliphatic carbocycles. The second kappa shape index (κ2) is 39.9. The smallest absolute Gasteiger partial charge is 0.249 e. The third kappa shape index (κ3) is 29.4. The van der Waals surface area contributed by atoms with E-state index in [1.54, 1.807) is 0 Å². The van der Waals surface area contributed by atoms with E-state index in [-0.39, 0.29) is 12.8 Å². The maximum absolute atomic E-state index is 13.1. The minimum Gasteiger partial charge on any atom is -0.394 e.